The van der Waals surface area contributed by atoms with Crippen molar-refractivity contribution in [3.05, 3.63) is 59.4 Å². The molecule has 0 radical (unpaired) electrons. The zero-order valence-corrected chi connectivity index (χ0v) is 17.3. The Labute approximate surface area is 170 Å². The minimum absolute atomic E-state index is 0.139. The summed E-state index contributed by atoms with van der Waals surface area (Å²) in [5, 5.41) is 0. The van der Waals surface area contributed by atoms with Crippen molar-refractivity contribution in [2.45, 2.75) is 31.6 Å². The lowest BCUT2D eigenvalue weighted by atomic mass is 9.98. The van der Waals surface area contributed by atoms with E-state index in [1.54, 1.807) is 18.2 Å². The zero-order chi connectivity index (χ0) is 21.0. The number of piperidine rings is 1. The summed E-state index contributed by atoms with van der Waals surface area (Å²) in [5.41, 5.74) is 2.61. The molecule has 1 aromatic carbocycles. The maximum Gasteiger partial charge on any atom is 0.309 e. The van der Waals surface area contributed by atoms with Gasteiger partial charge in [0.25, 0.3) is 0 Å². The first kappa shape index (κ1) is 21.1. The molecule has 0 amide bonds. The molecule has 154 valence electrons. The minimum atomic E-state index is -3.62. The Bertz CT molecular complexity index is 997. The molecule has 1 saturated heterocycles. The number of sulfonamides is 1. The number of ketones is 1. The number of nitrogens with zero attached hydrogens (tertiary/aromatic N) is 2. The van der Waals surface area contributed by atoms with Crippen LogP contribution in [0.3, 0.4) is 0 Å². The quantitative estimate of drug-likeness (QED) is 0.531. The molecule has 1 fully saturated rings. The molecule has 8 heteroatoms. The summed E-state index contributed by atoms with van der Waals surface area (Å²) in [6.45, 7) is 4.02. The molecule has 0 unspecified atom stereocenters. The first-order valence-electron chi connectivity index (χ1n) is 9.46. The van der Waals surface area contributed by atoms with Crippen LogP contribution < -0.4 is 0 Å². The van der Waals surface area contributed by atoms with Crippen LogP contribution in [0.25, 0.3) is 0 Å². The number of pyridine rings is 1. The number of benzene rings is 1. The fourth-order valence-corrected chi connectivity index (χ4v) is 4.67. The van der Waals surface area contributed by atoms with E-state index in [-0.39, 0.29) is 30.4 Å². The largest absolute Gasteiger partial charge is 0.457 e. The summed E-state index contributed by atoms with van der Waals surface area (Å²) in [7, 11) is -3.62. The molecular weight excluding hydrogens is 392 g/mol. The molecule has 3 rings (SSSR count). The molecule has 1 aliphatic heterocycles. The lowest BCUT2D eigenvalue weighted by Gasteiger charge is -2.29. The van der Waals surface area contributed by atoms with Crippen molar-refractivity contribution in [2.24, 2.45) is 5.92 Å². The van der Waals surface area contributed by atoms with Crippen molar-refractivity contribution in [3.8, 4) is 0 Å². The fourth-order valence-electron chi connectivity index (χ4n) is 3.23. The van der Waals surface area contributed by atoms with Crippen LogP contribution in [0.4, 0.5) is 0 Å². The molecule has 0 atom stereocenters. The van der Waals surface area contributed by atoms with Gasteiger partial charge >= 0.3 is 5.97 Å². The van der Waals surface area contributed by atoms with Crippen molar-refractivity contribution in [1.82, 2.24) is 9.29 Å². The maximum absolute atomic E-state index is 12.6. The van der Waals surface area contributed by atoms with E-state index in [1.807, 2.05) is 19.9 Å². The highest BCUT2D eigenvalue weighted by Gasteiger charge is 2.33. The summed E-state index contributed by atoms with van der Waals surface area (Å²) >= 11 is 0. The highest BCUT2D eigenvalue weighted by atomic mass is 32.2. The molecule has 2 aromatic rings. The number of Topliss-reactive ketones (excluding diaryl/α,β-unsaturated/α-hetero) is 1. The average Bonchev–Trinajstić information content (AvgIpc) is 2.74. The predicted octanol–water partition coefficient (Wildman–Crippen LogP) is 2.53. The molecule has 0 aliphatic carbocycles. The molecule has 29 heavy (non-hydrogen) atoms. The maximum atomic E-state index is 12.6. The molecule has 0 bridgehead atoms. The highest BCUT2D eigenvalue weighted by molar-refractivity contribution is 7.89. The van der Waals surface area contributed by atoms with Crippen LogP contribution >= 0.6 is 0 Å². The van der Waals surface area contributed by atoms with Gasteiger partial charge in [-0.2, -0.15) is 4.31 Å². The second kappa shape index (κ2) is 8.84. The van der Waals surface area contributed by atoms with Crippen molar-refractivity contribution in [3.63, 3.8) is 0 Å². The Morgan fingerprint density at radius 1 is 1.14 bits per heavy atom. The van der Waals surface area contributed by atoms with Gasteiger partial charge < -0.3 is 4.74 Å². The number of carbonyl (C=O) groups is 2. The van der Waals surface area contributed by atoms with Crippen LogP contribution in [0.1, 0.15) is 34.3 Å². The Balaban J connectivity index is 1.52. The predicted molar refractivity (Wildman–Crippen MR) is 107 cm³/mol. The summed E-state index contributed by atoms with van der Waals surface area (Å²) in [6.07, 6.45) is 3.54. The van der Waals surface area contributed by atoms with Crippen LogP contribution in [-0.2, 0) is 19.6 Å². The van der Waals surface area contributed by atoms with Gasteiger partial charge in [-0.15, -0.1) is 0 Å². The number of rotatable bonds is 6. The summed E-state index contributed by atoms with van der Waals surface area (Å²) < 4.78 is 31.8. The number of aromatic nitrogens is 1. The fraction of sp³-hybridized carbons (Fsp3) is 0.381. The number of esters is 1. The standard InChI is InChI=1S/C21H24N2O5S/c1-15-5-6-18(12-16(15)2)20(24)14-28-21(25)17-7-10-23(11-8-17)29(26,27)19-4-3-9-22-13-19/h3-6,9,12-13,17H,7-8,10-11,14H2,1-2H3. The third-order valence-electron chi connectivity index (χ3n) is 5.23. The average molecular weight is 416 g/mol. The number of ether oxygens (including phenoxy) is 1. The van der Waals surface area contributed by atoms with E-state index in [1.165, 1.54) is 22.8 Å². The van der Waals surface area contributed by atoms with Gasteiger partial charge in [0.2, 0.25) is 10.0 Å². The molecule has 0 saturated carbocycles. The van der Waals surface area contributed by atoms with E-state index in [9.17, 15) is 18.0 Å². The Kier molecular flexibility index (Phi) is 6.44. The van der Waals surface area contributed by atoms with Crippen LogP contribution in [0.5, 0.6) is 0 Å². The number of hydrogen-bond acceptors (Lipinski definition) is 6. The highest BCUT2D eigenvalue weighted by Crippen LogP contribution is 2.24. The third kappa shape index (κ3) is 4.89. The van der Waals surface area contributed by atoms with E-state index >= 15 is 0 Å². The first-order valence-corrected chi connectivity index (χ1v) is 10.9. The molecule has 1 aliphatic rings. The van der Waals surface area contributed by atoms with Gasteiger partial charge in [0.1, 0.15) is 4.90 Å². The van der Waals surface area contributed by atoms with Crippen molar-refractivity contribution < 1.29 is 22.7 Å². The van der Waals surface area contributed by atoms with Crippen molar-refractivity contribution >= 4 is 21.8 Å². The van der Waals surface area contributed by atoms with Crippen LogP contribution in [0.15, 0.2) is 47.6 Å². The summed E-state index contributed by atoms with van der Waals surface area (Å²) in [5.74, 6) is -1.12. The Hall–Kier alpha value is -2.58. The lowest BCUT2D eigenvalue weighted by Crippen LogP contribution is -2.40. The topological polar surface area (TPSA) is 93.6 Å². The lowest BCUT2D eigenvalue weighted by molar-refractivity contribution is -0.148. The number of carbonyl (C=O) groups excluding carboxylic acids is 2. The minimum Gasteiger partial charge on any atom is -0.457 e. The molecular formula is C21H24N2O5S. The van der Waals surface area contributed by atoms with Crippen molar-refractivity contribution in [2.75, 3.05) is 19.7 Å². The van der Waals surface area contributed by atoms with E-state index in [4.69, 9.17) is 4.74 Å². The normalized spacial score (nSPS) is 15.8. The number of aryl methyl sites for hydroxylation is 2. The second-order valence-corrected chi connectivity index (χ2v) is 9.13. The number of hydrogen-bond donors (Lipinski definition) is 0. The van der Waals surface area contributed by atoms with Crippen LogP contribution in [-0.4, -0.2) is 49.2 Å². The SMILES string of the molecule is Cc1ccc(C(=O)COC(=O)C2CCN(S(=O)(=O)c3cccnc3)CC2)cc1C. The molecule has 7 nitrogen and oxygen atoms in total. The van der Waals surface area contributed by atoms with E-state index in [2.05, 4.69) is 4.98 Å². The monoisotopic (exact) mass is 416 g/mol. The smallest absolute Gasteiger partial charge is 0.309 e. The van der Waals surface area contributed by atoms with Gasteiger partial charge in [-0.1, -0.05) is 12.1 Å². The first-order chi connectivity index (χ1) is 13.8. The Morgan fingerprint density at radius 2 is 1.86 bits per heavy atom. The molecule has 0 N–H and O–H groups in total. The molecule has 0 spiro atoms. The van der Waals surface area contributed by atoms with Crippen LogP contribution in [0, 0.1) is 19.8 Å². The van der Waals surface area contributed by atoms with E-state index in [0.29, 0.717) is 18.4 Å². The van der Waals surface area contributed by atoms with Gasteiger partial charge in [-0.05, 0) is 56.0 Å². The van der Waals surface area contributed by atoms with Gasteiger partial charge in [0.05, 0.1) is 5.92 Å². The Morgan fingerprint density at radius 3 is 2.48 bits per heavy atom. The van der Waals surface area contributed by atoms with Gasteiger partial charge in [-0.25, -0.2) is 8.42 Å². The summed E-state index contributed by atoms with van der Waals surface area (Å²) in [6, 6.07) is 8.45. The van der Waals surface area contributed by atoms with Crippen molar-refractivity contribution in [1.29, 1.82) is 0 Å². The zero-order valence-electron chi connectivity index (χ0n) is 16.5. The van der Waals surface area contributed by atoms with E-state index < -0.39 is 21.9 Å². The second-order valence-electron chi connectivity index (χ2n) is 7.20. The molecule has 2 heterocycles. The van der Waals surface area contributed by atoms with Gasteiger partial charge in [0.15, 0.2) is 12.4 Å². The molecule has 1 aromatic heterocycles. The van der Waals surface area contributed by atoms with Gasteiger partial charge in [0, 0.05) is 31.0 Å². The van der Waals surface area contributed by atoms with Crippen LogP contribution in [0.2, 0.25) is 0 Å². The summed E-state index contributed by atoms with van der Waals surface area (Å²) in [4.78, 5) is 28.6. The van der Waals surface area contributed by atoms with E-state index in [0.717, 1.165) is 11.1 Å². The van der Waals surface area contributed by atoms with Gasteiger partial charge in [-0.3, -0.25) is 14.6 Å². The third-order valence-corrected chi connectivity index (χ3v) is 7.12.